The minimum atomic E-state index is -0.126. The number of hydrogen-bond acceptors (Lipinski definition) is 6. The number of benzene rings is 1. The quantitative estimate of drug-likeness (QED) is 0.430. The van der Waals surface area contributed by atoms with E-state index >= 15 is 0 Å². The van der Waals surface area contributed by atoms with E-state index in [4.69, 9.17) is 0 Å². The van der Waals surface area contributed by atoms with E-state index in [1.807, 2.05) is 35.4 Å². The summed E-state index contributed by atoms with van der Waals surface area (Å²) in [5, 5.41) is 0.597. The second kappa shape index (κ2) is 9.19. The van der Waals surface area contributed by atoms with Crippen LogP contribution in [0.3, 0.4) is 0 Å². The fraction of sp³-hybridized carbons (Fsp3) is 0.368. The fourth-order valence-electron chi connectivity index (χ4n) is 3.06. The summed E-state index contributed by atoms with van der Waals surface area (Å²) in [5.41, 5.74) is 0.770. The van der Waals surface area contributed by atoms with Gasteiger partial charge in [0.15, 0.2) is 10.9 Å². The van der Waals surface area contributed by atoms with Crippen molar-refractivity contribution in [2.75, 3.05) is 25.1 Å². The number of carbonyl (C=O) groups is 2. The van der Waals surface area contributed by atoms with Gasteiger partial charge in [0, 0.05) is 41.9 Å². The lowest BCUT2D eigenvalue weighted by Crippen LogP contribution is -2.43. The predicted octanol–water partition coefficient (Wildman–Crippen LogP) is 3.41. The molecule has 0 unspecified atom stereocenters. The Balaban J connectivity index is 1.61. The van der Waals surface area contributed by atoms with Crippen molar-refractivity contribution >= 4 is 35.2 Å². The van der Waals surface area contributed by atoms with Crippen LogP contribution in [0.4, 0.5) is 0 Å². The molecule has 7 heteroatoms. The van der Waals surface area contributed by atoms with Crippen molar-refractivity contribution in [2.24, 2.45) is 5.92 Å². The van der Waals surface area contributed by atoms with Crippen molar-refractivity contribution in [1.29, 1.82) is 0 Å². The Labute approximate surface area is 162 Å². The first kappa shape index (κ1) is 18.9. The molecule has 1 saturated heterocycles. The maximum Gasteiger partial charge on any atom is 0.233 e. The van der Waals surface area contributed by atoms with E-state index in [0.29, 0.717) is 24.0 Å². The Morgan fingerprint density at radius 1 is 1.19 bits per heavy atom. The SMILES string of the molecule is CSc1ccccc1C(=O)[C@H]1CCCN(C(=O)CSc2ncccn2)C1. The molecule has 1 fully saturated rings. The molecule has 0 N–H and O–H groups in total. The van der Waals surface area contributed by atoms with Gasteiger partial charge in [-0.25, -0.2) is 9.97 Å². The minimum Gasteiger partial charge on any atom is -0.341 e. The Hall–Kier alpha value is -1.86. The Kier molecular flexibility index (Phi) is 6.68. The molecule has 1 aromatic heterocycles. The molecular formula is C19H21N3O2S2. The largest absolute Gasteiger partial charge is 0.341 e. The Bertz CT molecular complexity index is 770. The number of piperidine rings is 1. The number of hydrogen-bond donors (Lipinski definition) is 0. The van der Waals surface area contributed by atoms with Gasteiger partial charge >= 0.3 is 0 Å². The van der Waals surface area contributed by atoms with Crippen molar-refractivity contribution in [3.05, 3.63) is 48.3 Å². The zero-order valence-electron chi connectivity index (χ0n) is 14.6. The summed E-state index contributed by atoms with van der Waals surface area (Å²) in [7, 11) is 0. The van der Waals surface area contributed by atoms with E-state index in [0.717, 1.165) is 23.3 Å². The predicted molar refractivity (Wildman–Crippen MR) is 105 cm³/mol. The number of Topliss-reactive ketones (excluding diaryl/α,β-unsaturated/α-hetero) is 1. The van der Waals surface area contributed by atoms with Crippen LogP contribution in [0.1, 0.15) is 23.2 Å². The van der Waals surface area contributed by atoms with Gasteiger partial charge in [-0.2, -0.15) is 0 Å². The highest BCUT2D eigenvalue weighted by atomic mass is 32.2. The molecule has 1 aromatic carbocycles. The highest BCUT2D eigenvalue weighted by molar-refractivity contribution is 7.99. The number of amides is 1. The fourth-order valence-corrected chi connectivity index (χ4v) is 4.37. The molecule has 1 aliphatic heterocycles. The third-order valence-corrected chi connectivity index (χ3v) is 6.04. The van der Waals surface area contributed by atoms with Gasteiger partial charge in [0.25, 0.3) is 0 Å². The van der Waals surface area contributed by atoms with Crippen molar-refractivity contribution in [1.82, 2.24) is 14.9 Å². The normalized spacial score (nSPS) is 17.1. The number of thioether (sulfide) groups is 2. The topological polar surface area (TPSA) is 63.2 Å². The molecule has 1 aliphatic rings. The van der Waals surface area contributed by atoms with Crippen LogP contribution in [0.15, 0.2) is 52.8 Å². The molecule has 0 aliphatic carbocycles. The summed E-state index contributed by atoms with van der Waals surface area (Å²) in [4.78, 5) is 36.5. The van der Waals surface area contributed by atoms with Crippen LogP contribution in [0.5, 0.6) is 0 Å². The molecule has 2 heterocycles. The van der Waals surface area contributed by atoms with Crippen LogP contribution in [0.2, 0.25) is 0 Å². The van der Waals surface area contributed by atoms with Crippen molar-refractivity contribution < 1.29 is 9.59 Å². The molecule has 2 aromatic rings. The molecule has 136 valence electrons. The van der Waals surface area contributed by atoms with E-state index in [2.05, 4.69) is 9.97 Å². The average molecular weight is 388 g/mol. The Morgan fingerprint density at radius 2 is 1.96 bits per heavy atom. The van der Waals surface area contributed by atoms with Gasteiger partial charge in [-0.1, -0.05) is 30.0 Å². The van der Waals surface area contributed by atoms with Crippen LogP contribution in [0, 0.1) is 5.92 Å². The van der Waals surface area contributed by atoms with Crippen molar-refractivity contribution in [3.63, 3.8) is 0 Å². The number of nitrogens with zero attached hydrogens (tertiary/aromatic N) is 3. The van der Waals surface area contributed by atoms with E-state index in [1.165, 1.54) is 11.8 Å². The number of ketones is 1. The zero-order chi connectivity index (χ0) is 18.4. The number of rotatable bonds is 6. The molecular weight excluding hydrogens is 366 g/mol. The summed E-state index contributed by atoms with van der Waals surface area (Å²) in [6.07, 6.45) is 7.00. The molecule has 5 nitrogen and oxygen atoms in total. The van der Waals surface area contributed by atoms with Gasteiger partial charge in [-0.05, 0) is 31.2 Å². The van der Waals surface area contributed by atoms with Gasteiger partial charge in [-0.15, -0.1) is 11.8 Å². The van der Waals surface area contributed by atoms with Crippen molar-refractivity contribution in [3.8, 4) is 0 Å². The van der Waals surface area contributed by atoms with Gasteiger partial charge in [0.05, 0.1) is 5.75 Å². The van der Waals surface area contributed by atoms with E-state index in [9.17, 15) is 9.59 Å². The first-order valence-corrected chi connectivity index (χ1v) is 10.7. The zero-order valence-corrected chi connectivity index (χ0v) is 16.3. The summed E-state index contributed by atoms with van der Waals surface area (Å²) in [5.74, 6) is 0.357. The molecule has 1 amide bonds. The third-order valence-electron chi connectivity index (χ3n) is 4.38. The van der Waals surface area contributed by atoms with Gasteiger partial charge in [0.1, 0.15) is 0 Å². The minimum absolute atomic E-state index is 0.0399. The summed E-state index contributed by atoms with van der Waals surface area (Å²) in [6.45, 7) is 1.21. The van der Waals surface area contributed by atoms with Gasteiger partial charge in [-0.3, -0.25) is 9.59 Å². The first-order chi connectivity index (χ1) is 12.7. The lowest BCUT2D eigenvalue weighted by Gasteiger charge is -2.32. The third kappa shape index (κ3) is 4.65. The summed E-state index contributed by atoms with van der Waals surface area (Å²) in [6, 6.07) is 9.45. The highest BCUT2D eigenvalue weighted by Crippen LogP contribution is 2.27. The lowest BCUT2D eigenvalue weighted by atomic mass is 9.90. The number of carbonyl (C=O) groups excluding carboxylic acids is 2. The van der Waals surface area contributed by atoms with Crippen LogP contribution < -0.4 is 0 Å². The number of likely N-dealkylation sites (tertiary alicyclic amines) is 1. The smallest absolute Gasteiger partial charge is 0.233 e. The summed E-state index contributed by atoms with van der Waals surface area (Å²) >= 11 is 2.91. The van der Waals surface area contributed by atoms with E-state index < -0.39 is 0 Å². The molecule has 0 bridgehead atoms. The monoisotopic (exact) mass is 387 g/mol. The summed E-state index contributed by atoms with van der Waals surface area (Å²) < 4.78 is 0. The molecule has 0 radical (unpaired) electrons. The van der Waals surface area contributed by atoms with Gasteiger partial charge < -0.3 is 4.90 Å². The molecule has 0 saturated carbocycles. The first-order valence-electron chi connectivity index (χ1n) is 8.54. The Morgan fingerprint density at radius 3 is 2.73 bits per heavy atom. The highest BCUT2D eigenvalue weighted by Gasteiger charge is 2.29. The van der Waals surface area contributed by atoms with Crippen molar-refractivity contribution in [2.45, 2.75) is 22.9 Å². The maximum absolute atomic E-state index is 13.0. The maximum atomic E-state index is 13.0. The van der Waals surface area contributed by atoms with E-state index in [-0.39, 0.29) is 17.6 Å². The average Bonchev–Trinajstić information content (AvgIpc) is 2.72. The van der Waals surface area contributed by atoms with Crippen LogP contribution in [-0.4, -0.2) is 51.7 Å². The van der Waals surface area contributed by atoms with E-state index in [1.54, 1.807) is 30.2 Å². The molecule has 3 rings (SSSR count). The molecule has 26 heavy (non-hydrogen) atoms. The van der Waals surface area contributed by atoms with Crippen LogP contribution in [-0.2, 0) is 4.79 Å². The second-order valence-corrected chi connectivity index (χ2v) is 7.85. The lowest BCUT2D eigenvalue weighted by molar-refractivity contribution is -0.129. The molecule has 0 spiro atoms. The van der Waals surface area contributed by atoms with Crippen LogP contribution in [0.25, 0.3) is 0 Å². The van der Waals surface area contributed by atoms with Gasteiger partial charge in [0.2, 0.25) is 5.91 Å². The van der Waals surface area contributed by atoms with Crippen LogP contribution >= 0.6 is 23.5 Å². The standard InChI is InChI=1S/C19H21N3O2S2/c1-25-16-8-3-2-7-15(16)18(24)14-6-4-11-22(12-14)17(23)13-26-19-20-9-5-10-21-19/h2-3,5,7-10,14H,4,6,11-13H2,1H3/t14-/m0/s1. The second-order valence-electron chi connectivity index (χ2n) is 6.06. The number of aromatic nitrogens is 2. The molecule has 1 atom stereocenters.